The van der Waals surface area contributed by atoms with Crippen molar-refractivity contribution < 1.29 is 9.53 Å². The van der Waals surface area contributed by atoms with Gasteiger partial charge >= 0.3 is 6.03 Å². The van der Waals surface area contributed by atoms with E-state index in [1.807, 2.05) is 35.2 Å². The topological polar surface area (TPSA) is 116 Å². The molecular formula is C19H24N6O2. The summed E-state index contributed by atoms with van der Waals surface area (Å²) in [6.07, 6.45) is 2.61. The highest BCUT2D eigenvalue weighted by molar-refractivity contribution is 6.01. The van der Waals surface area contributed by atoms with E-state index in [1.165, 1.54) is 6.20 Å². The van der Waals surface area contributed by atoms with Crippen LogP contribution in [0.15, 0.2) is 42.6 Å². The summed E-state index contributed by atoms with van der Waals surface area (Å²) in [5.74, 6) is 0.695. The van der Waals surface area contributed by atoms with Gasteiger partial charge in [0.05, 0.1) is 18.2 Å². The Morgan fingerprint density at radius 1 is 1.37 bits per heavy atom. The number of urea groups is 1. The van der Waals surface area contributed by atoms with Crippen LogP contribution in [-0.2, 0) is 4.74 Å². The van der Waals surface area contributed by atoms with Crippen LogP contribution in [0.5, 0.6) is 0 Å². The van der Waals surface area contributed by atoms with Gasteiger partial charge in [-0.2, -0.15) is 0 Å². The highest BCUT2D eigenvalue weighted by atomic mass is 16.5. The molecule has 142 valence electrons. The van der Waals surface area contributed by atoms with Crippen LogP contribution >= 0.6 is 0 Å². The lowest BCUT2D eigenvalue weighted by Gasteiger charge is -2.33. The Labute approximate surface area is 158 Å². The second kappa shape index (κ2) is 8.50. The van der Waals surface area contributed by atoms with Crippen molar-refractivity contribution in [1.29, 1.82) is 5.41 Å². The highest BCUT2D eigenvalue weighted by Gasteiger charge is 2.21. The first-order valence-electron chi connectivity index (χ1n) is 8.79. The monoisotopic (exact) mass is 368 g/mol. The first-order chi connectivity index (χ1) is 13.1. The normalized spacial score (nSPS) is 14.2. The molecule has 0 bridgehead atoms. The minimum atomic E-state index is -0.404. The van der Waals surface area contributed by atoms with Gasteiger partial charge in [-0.3, -0.25) is 10.7 Å². The quantitative estimate of drug-likeness (QED) is 0.461. The smallest absolute Gasteiger partial charge is 0.320 e. The Bertz CT molecular complexity index is 807. The van der Waals surface area contributed by atoms with Crippen molar-refractivity contribution in [3.8, 4) is 0 Å². The van der Waals surface area contributed by atoms with Crippen LogP contribution in [0.3, 0.4) is 0 Å². The van der Waals surface area contributed by atoms with E-state index < -0.39 is 6.03 Å². The molecule has 8 nitrogen and oxygen atoms in total. The third kappa shape index (κ3) is 4.53. The van der Waals surface area contributed by atoms with Gasteiger partial charge in [-0.05, 0) is 12.0 Å². The van der Waals surface area contributed by atoms with Gasteiger partial charge in [-0.1, -0.05) is 30.3 Å². The number of amides is 2. The van der Waals surface area contributed by atoms with Gasteiger partial charge in [0.15, 0.2) is 0 Å². The lowest BCUT2D eigenvalue weighted by atomic mass is 10.1. The second-order valence-electron chi connectivity index (χ2n) is 6.36. The number of aromatic nitrogens is 1. The number of hydrogen-bond donors (Lipinski definition) is 4. The van der Waals surface area contributed by atoms with Crippen LogP contribution in [0.25, 0.3) is 0 Å². The molecule has 3 rings (SSSR count). The van der Waals surface area contributed by atoms with Crippen molar-refractivity contribution in [1.82, 2.24) is 15.2 Å². The van der Waals surface area contributed by atoms with Crippen LogP contribution in [0, 0.1) is 5.41 Å². The fourth-order valence-electron chi connectivity index (χ4n) is 2.83. The molecule has 0 aliphatic carbocycles. The summed E-state index contributed by atoms with van der Waals surface area (Å²) in [5.41, 5.74) is 7.98. The number of methoxy groups -OCH3 is 1. The van der Waals surface area contributed by atoms with Crippen LogP contribution in [0.2, 0.25) is 0 Å². The van der Waals surface area contributed by atoms with Gasteiger partial charge in [0.25, 0.3) is 0 Å². The average Bonchev–Trinajstić information content (AvgIpc) is 2.60. The van der Waals surface area contributed by atoms with E-state index in [-0.39, 0.29) is 6.04 Å². The minimum Gasteiger partial charge on any atom is -0.398 e. The minimum absolute atomic E-state index is 0.285. The van der Waals surface area contributed by atoms with E-state index in [9.17, 15) is 4.79 Å². The Balaban J connectivity index is 1.64. The number of amidine groups is 1. The number of nitrogens with zero attached hydrogens (tertiary/aromatic N) is 2. The van der Waals surface area contributed by atoms with Crippen LogP contribution in [-0.4, -0.2) is 48.6 Å². The number of ether oxygens (including phenoxy) is 1. The summed E-state index contributed by atoms with van der Waals surface area (Å²) in [7, 11) is 1.59. The van der Waals surface area contributed by atoms with Crippen LogP contribution < -0.4 is 16.4 Å². The third-order valence-electron chi connectivity index (χ3n) is 4.45. The number of rotatable bonds is 6. The van der Waals surface area contributed by atoms with Gasteiger partial charge in [-0.15, -0.1) is 0 Å². The molecule has 1 aliphatic heterocycles. The molecular weight excluding hydrogens is 344 g/mol. The fourth-order valence-corrected chi connectivity index (χ4v) is 2.83. The number of hydrogen-bond acceptors (Lipinski definition) is 5. The van der Waals surface area contributed by atoms with Gasteiger partial charge in [0.2, 0.25) is 0 Å². The van der Waals surface area contributed by atoms with Crippen molar-refractivity contribution in [2.45, 2.75) is 12.5 Å². The van der Waals surface area contributed by atoms with E-state index in [2.05, 4.69) is 15.6 Å². The lowest BCUT2D eigenvalue weighted by molar-refractivity contribution is 0.168. The van der Waals surface area contributed by atoms with Crippen molar-refractivity contribution in [3.05, 3.63) is 53.7 Å². The molecule has 27 heavy (non-hydrogen) atoms. The van der Waals surface area contributed by atoms with E-state index in [4.69, 9.17) is 15.9 Å². The summed E-state index contributed by atoms with van der Waals surface area (Å²) in [5, 5.41) is 13.7. The van der Waals surface area contributed by atoms with Crippen molar-refractivity contribution in [2.24, 2.45) is 0 Å². The predicted octanol–water partition coefficient (Wildman–Crippen LogP) is 2.20. The number of nitrogen functional groups attached to an aromatic ring is 1. The summed E-state index contributed by atoms with van der Waals surface area (Å²) in [6, 6.07) is 10.5. The SMILES string of the molecule is COC[C@@H](NC(=O)Nc1cc(N)c(C(=N)N2CCC2)cn1)c1ccccc1. The molecule has 5 N–H and O–H groups in total. The number of benzene rings is 1. The van der Waals surface area contributed by atoms with E-state index >= 15 is 0 Å². The zero-order valence-electron chi connectivity index (χ0n) is 15.2. The number of likely N-dealkylation sites (tertiary alicyclic amines) is 1. The van der Waals surface area contributed by atoms with E-state index in [1.54, 1.807) is 13.2 Å². The molecule has 2 amide bonds. The first-order valence-corrected chi connectivity index (χ1v) is 8.79. The number of anilines is 2. The van der Waals surface area contributed by atoms with Crippen LogP contribution in [0.1, 0.15) is 23.6 Å². The Kier molecular flexibility index (Phi) is 5.87. The molecule has 0 radical (unpaired) electrons. The van der Waals surface area contributed by atoms with Gasteiger partial charge in [0, 0.05) is 38.1 Å². The Morgan fingerprint density at radius 3 is 2.70 bits per heavy atom. The molecule has 0 spiro atoms. The third-order valence-corrected chi connectivity index (χ3v) is 4.45. The zero-order valence-corrected chi connectivity index (χ0v) is 15.2. The van der Waals surface area contributed by atoms with Crippen molar-refractivity contribution in [2.75, 3.05) is 37.9 Å². The molecule has 1 aromatic heterocycles. The maximum atomic E-state index is 12.4. The van der Waals surface area contributed by atoms with E-state index in [0.29, 0.717) is 29.5 Å². The molecule has 1 atom stereocenters. The molecule has 1 aliphatic rings. The molecule has 1 saturated heterocycles. The molecule has 0 unspecified atom stereocenters. The van der Waals surface area contributed by atoms with Crippen molar-refractivity contribution >= 4 is 23.4 Å². The maximum Gasteiger partial charge on any atom is 0.320 e. The fraction of sp³-hybridized carbons (Fsp3) is 0.316. The number of nitrogens with two attached hydrogens (primary N) is 1. The predicted molar refractivity (Wildman–Crippen MR) is 105 cm³/mol. The molecule has 8 heteroatoms. The maximum absolute atomic E-state index is 12.4. The van der Waals surface area contributed by atoms with Crippen molar-refractivity contribution in [3.63, 3.8) is 0 Å². The summed E-state index contributed by atoms with van der Waals surface area (Å²) >= 11 is 0. The average molecular weight is 368 g/mol. The van der Waals surface area contributed by atoms with E-state index in [0.717, 1.165) is 25.1 Å². The zero-order chi connectivity index (χ0) is 19.2. The molecule has 1 fully saturated rings. The number of nitrogens with one attached hydrogen (secondary N) is 3. The Hall–Kier alpha value is -3.13. The number of carbonyl (C=O) groups excluding carboxylic acids is 1. The van der Waals surface area contributed by atoms with Gasteiger partial charge in [-0.25, -0.2) is 9.78 Å². The summed E-state index contributed by atoms with van der Waals surface area (Å²) < 4.78 is 5.20. The molecule has 1 aromatic carbocycles. The second-order valence-corrected chi connectivity index (χ2v) is 6.36. The first kappa shape index (κ1) is 18.7. The lowest BCUT2D eigenvalue weighted by Crippen LogP contribution is -2.42. The molecule has 2 aromatic rings. The largest absolute Gasteiger partial charge is 0.398 e. The highest BCUT2D eigenvalue weighted by Crippen LogP contribution is 2.20. The van der Waals surface area contributed by atoms with Gasteiger partial charge < -0.3 is 20.7 Å². The molecule has 2 heterocycles. The van der Waals surface area contributed by atoms with Crippen LogP contribution in [0.4, 0.5) is 16.3 Å². The summed E-state index contributed by atoms with van der Waals surface area (Å²) in [4.78, 5) is 18.5. The number of carbonyl (C=O) groups is 1. The Morgan fingerprint density at radius 2 is 2.11 bits per heavy atom. The standard InChI is InChI=1S/C19H24N6O2/c1-27-12-16(13-6-3-2-4-7-13)23-19(26)24-17-10-15(20)14(11-22-17)18(21)25-8-5-9-25/h2-4,6-7,10-11,16,21H,5,8-9,12H2,1H3,(H4,20,22,23,24,26)/t16-/m1/s1. The summed E-state index contributed by atoms with van der Waals surface area (Å²) in [6.45, 7) is 2.07. The van der Waals surface area contributed by atoms with Gasteiger partial charge in [0.1, 0.15) is 11.7 Å². The number of pyridine rings is 1. The molecule has 0 saturated carbocycles.